The number of pyridine rings is 2. The van der Waals surface area contributed by atoms with Crippen LogP contribution in [0, 0.1) is 0 Å². The van der Waals surface area contributed by atoms with Crippen molar-refractivity contribution < 1.29 is 0 Å². The van der Waals surface area contributed by atoms with E-state index in [0.717, 1.165) is 45.0 Å². The summed E-state index contributed by atoms with van der Waals surface area (Å²) in [7, 11) is 0. The Morgan fingerprint density at radius 3 is 1.83 bits per heavy atom. The number of hydrogen-bond donors (Lipinski definition) is 0. The quantitative estimate of drug-likeness (QED) is 0.188. The maximum absolute atomic E-state index is 5.45. The summed E-state index contributed by atoms with van der Waals surface area (Å²) in [5.41, 5.74) is 10.3. The van der Waals surface area contributed by atoms with Gasteiger partial charge in [-0.25, -0.2) is 0 Å². The van der Waals surface area contributed by atoms with Gasteiger partial charge in [0, 0.05) is 42.3 Å². The Bertz CT molecular complexity index is 2340. The Hall–Kier alpha value is -5.38. The Morgan fingerprint density at radius 1 is 0.435 bits per heavy atom. The highest BCUT2D eigenvalue weighted by atomic mass is 32.1. The molecule has 0 unspecified atom stereocenters. The Morgan fingerprint density at radius 2 is 1.07 bits per heavy atom. The second-order valence-electron chi connectivity index (χ2n) is 12.2. The molecule has 0 spiro atoms. The summed E-state index contributed by atoms with van der Waals surface area (Å²) >= 11 is 1.86. The van der Waals surface area contributed by atoms with Crippen LogP contribution in [0.3, 0.4) is 0 Å². The smallest absolute Gasteiger partial charge is 0.0706 e. The van der Waals surface area contributed by atoms with Crippen LogP contribution in [0.25, 0.3) is 64.9 Å². The van der Waals surface area contributed by atoms with E-state index in [1.54, 1.807) is 0 Å². The van der Waals surface area contributed by atoms with Crippen molar-refractivity contribution in [1.82, 2.24) is 9.97 Å². The molecule has 3 aromatic heterocycles. The Balaban J connectivity index is 1.31. The molecule has 0 amide bonds. The van der Waals surface area contributed by atoms with Crippen molar-refractivity contribution in [3.05, 3.63) is 169 Å². The number of fused-ring (bicyclic) bond motifs is 3. The van der Waals surface area contributed by atoms with Crippen molar-refractivity contribution >= 4 is 31.5 Å². The average molecular weight is 609 g/mol. The SMILES string of the molecule is CC(C)(c1cccc(-c2ccccc2)n1)c1nc(-c2ccccc2)ccc1-c1ccccc1-c1ccc2c(c1)sc1ccccc12. The van der Waals surface area contributed by atoms with Gasteiger partial charge in [-0.05, 0) is 60.9 Å². The minimum atomic E-state index is -0.493. The maximum atomic E-state index is 5.45. The third-order valence-electron chi connectivity index (χ3n) is 8.92. The first-order valence-corrected chi connectivity index (χ1v) is 16.5. The van der Waals surface area contributed by atoms with Crippen molar-refractivity contribution in [3.63, 3.8) is 0 Å². The minimum absolute atomic E-state index is 0.493. The second-order valence-corrected chi connectivity index (χ2v) is 13.3. The van der Waals surface area contributed by atoms with Gasteiger partial charge in [0.05, 0.1) is 22.8 Å². The fraction of sp³-hybridized carbons (Fsp3) is 0.0698. The molecule has 5 aromatic carbocycles. The second kappa shape index (κ2) is 11.5. The molecule has 0 N–H and O–H groups in total. The fourth-order valence-corrected chi connectivity index (χ4v) is 7.60. The topological polar surface area (TPSA) is 25.8 Å². The van der Waals surface area contributed by atoms with Crippen LogP contribution >= 0.6 is 11.3 Å². The number of thiophene rings is 1. The number of nitrogens with zero attached hydrogens (tertiary/aromatic N) is 2. The van der Waals surface area contributed by atoms with Crippen molar-refractivity contribution in [2.45, 2.75) is 19.3 Å². The van der Waals surface area contributed by atoms with Gasteiger partial charge in [-0.3, -0.25) is 9.97 Å². The van der Waals surface area contributed by atoms with Gasteiger partial charge in [0.15, 0.2) is 0 Å². The monoisotopic (exact) mass is 608 g/mol. The summed E-state index contributed by atoms with van der Waals surface area (Å²) in [6, 6.07) is 55.9. The van der Waals surface area contributed by atoms with Gasteiger partial charge in [0.1, 0.15) is 0 Å². The summed E-state index contributed by atoms with van der Waals surface area (Å²) in [6.07, 6.45) is 0. The highest BCUT2D eigenvalue weighted by molar-refractivity contribution is 7.25. The number of hydrogen-bond acceptors (Lipinski definition) is 3. The first-order valence-electron chi connectivity index (χ1n) is 15.7. The Labute approximate surface area is 273 Å². The van der Waals surface area contributed by atoms with E-state index in [1.807, 2.05) is 23.5 Å². The zero-order valence-electron chi connectivity index (χ0n) is 25.8. The van der Waals surface area contributed by atoms with E-state index in [1.165, 1.54) is 31.3 Å². The van der Waals surface area contributed by atoms with Gasteiger partial charge in [-0.1, -0.05) is 127 Å². The van der Waals surface area contributed by atoms with Crippen LogP contribution in [-0.4, -0.2) is 9.97 Å². The molecule has 2 nitrogen and oxygen atoms in total. The standard InChI is InChI=1S/C43H32N2S/c1-43(2,41-23-13-21-37(44-41)29-14-5-3-6-15-29)42-36(26-27-38(45-42)30-16-7-4-8-17-30)33-19-10-9-18-32(33)31-24-25-35-34-20-11-12-22-39(34)46-40(35)28-31/h3-28H,1-2H3. The van der Waals surface area contributed by atoms with Gasteiger partial charge >= 0.3 is 0 Å². The summed E-state index contributed by atoms with van der Waals surface area (Å²) in [5, 5.41) is 2.62. The third-order valence-corrected chi connectivity index (χ3v) is 10.1. The summed E-state index contributed by atoms with van der Waals surface area (Å²) in [4.78, 5) is 10.7. The van der Waals surface area contributed by atoms with E-state index in [9.17, 15) is 0 Å². The lowest BCUT2D eigenvalue weighted by Gasteiger charge is -2.28. The van der Waals surface area contributed by atoms with E-state index in [0.29, 0.717) is 0 Å². The molecular formula is C43H32N2S. The lowest BCUT2D eigenvalue weighted by atomic mass is 9.79. The van der Waals surface area contributed by atoms with Crippen LogP contribution in [0.1, 0.15) is 25.2 Å². The molecule has 3 heterocycles. The van der Waals surface area contributed by atoms with E-state index < -0.39 is 5.41 Å². The molecule has 3 heteroatoms. The zero-order chi connectivity index (χ0) is 31.1. The van der Waals surface area contributed by atoms with Crippen molar-refractivity contribution in [1.29, 1.82) is 0 Å². The van der Waals surface area contributed by atoms with Gasteiger partial charge in [-0.15, -0.1) is 11.3 Å². The zero-order valence-corrected chi connectivity index (χ0v) is 26.6. The molecule has 0 aliphatic rings. The fourth-order valence-electron chi connectivity index (χ4n) is 6.46. The van der Waals surface area contributed by atoms with Crippen molar-refractivity contribution in [2.24, 2.45) is 0 Å². The molecule has 8 rings (SSSR count). The van der Waals surface area contributed by atoms with Crippen molar-refractivity contribution in [2.75, 3.05) is 0 Å². The normalized spacial score (nSPS) is 11.7. The number of rotatable bonds is 6. The van der Waals surface area contributed by atoms with E-state index in [2.05, 4.69) is 159 Å². The molecule has 0 bridgehead atoms. The summed E-state index contributed by atoms with van der Waals surface area (Å²) in [5.74, 6) is 0. The van der Waals surface area contributed by atoms with Gasteiger partial charge < -0.3 is 0 Å². The molecule has 46 heavy (non-hydrogen) atoms. The summed E-state index contributed by atoms with van der Waals surface area (Å²) < 4.78 is 2.62. The molecule has 0 radical (unpaired) electrons. The highest BCUT2D eigenvalue weighted by Crippen LogP contribution is 2.43. The Kier molecular flexibility index (Phi) is 7.04. The van der Waals surface area contributed by atoms with Crippen LogP contribution in [0.2, 0.25) is 0 Å². The minimum Gasteiger partial charge on any atom is -0.252 e. The lowest BCUT2D eigenvalue weighted by Crippen LogP contribution is -2.24. The van der Waals surface area contributed by atoms with Crippen LogP contribution in [-0.2, 0) is 5.41 Å². The highest BCUT2D eigenvalue weighted by Gasteiger charge is 2.31. The number of aromatic nitrogens is 2. The molecule has 8 aromatic rings. The molecule has 0 aliphatic carbocycles. The molecule has 0 fully saturated rings. The van der Waals surface area contributed by atoms with Crippen LogP contribution in [0.5, 0.6) is 0 Å². The van der Waals surface area contributed by atoms with Crippen LogP contribution in [0.15, 0.2) is 158 Å². The molecule has 0 aliphatic heterocycles. The molecule has 0 saturated heterocycles. The molecular weight excluding hydrogens is 577 g/mol. The average Bonchev–Trinajstić information content (AvgIpc) is 3.50. The van der Waals surface area contributed by atoms with Crippen LogP contribution in [0.4, 0.5) is 0 Å². The maximum Gasteiger partial charge on any atom is 0.0706 e. The van der Waals surface area contributed by atoms with Crippen molar-refractivity contribution in [3.8, 4) is 44.8 Å². The first-order chi connectivity index (χ1) is 22.6. The van der Waals surface area contributed by atoms with Gasteiger partial charge in [-0.2, -0.15) is 0 Å². The van der Waals surface area contributed by atoms with Gasteiger partial charge in [0.25, 0.3) is 0 Å². The summed E-state index contributed by atoms with van der Waals surface area (Å²) in [6.45, 7) is 4.49. The van der Waals surface area contributed by atoms with E-state index in [-0.39, 0.29) is 0 Å². The molecule has 0 atom stereocenters. The molecule has 220 valence electrons. The third kappa shape index (κ3) is 4.99. The predicted octanol–water partition coefficient (Wildman–Crippen LogP) is 11.8. The lowest BCUT2D eigenvalue weighted by molar-refractivity contribution is 0.599. The first kappa shape index (κ1) is 28.1. The van der Waals surface area contributed by atoms with Crippen LogP contribution < -0.4 is 0 Å². The number of benzene rings is 5. The molecule has 0 saturated carbocycles. The van der Waals surface area contributed by atoms with E-state index >= 15 is 0 Å². The largest absolute Gasteiger partial charge is 0.252 e. The van der Waals surface area contributed by atoms with Gasteiger partial charge in [0.2, 0.25) is 0 Å². The van der Waals surface area contributed by atoms with E-state index in [4.69, 9.17) is 9.97 Å². The predicted molar refractivity (Wildman–Crippen MR) is 195 cm³/mol.